The lowest BCUT2D eigenvalue weighted by Gasteiger charge is -2.13. The van der Waals surface area contributed by atoms with Gasteiger partial charge in [-0.2, -0.15) is 5.10 Å². The summed E-state index contributed by atoms with van der Waals surface area (Å²) in [6, 6.07) is 5.51. The Kier molecular flexibility index (Phi) is 5.10. The molecule has 1 aromatic carbocycles. The minimum atomic E-state index is -0.668. The number of hydrogen-bond acceptors (Lipinski definition) is 3. The first kappa shape index (κ1) is 16.7. The number of rotatable bonds is 5. The number of nitrogens with one attached hydrogen (secondary N) is 2. The second-order valence-corrected chi connectivity index (χ2v) is 5.10. The predicted molar refractivity (Wildman–Crippen MR) is 83.9 cm³/mol. The summed E-state index contributed by atoms with van der Waals surface area (Å²) in [5.74, 6) is -1.12. The molecule has 1 atom stereocenters. The van der Waals surface area contributed by atoms with Crippen LogP contribution in [-0.4, -0.2) is 34.2 Å². The van der Waals surface area contributed by atoms with E-state index in [0.29, 0.717) is 17.8 Å². The van der Waals surface area contributed by atoms with Gasteiger partial charge in [0, 0.05) is 6.54 Å². The first-order chi connectivity index (χ1) is 11.0. The average molecular weight is 318 g/mol. The van der Waals surface area contributed by atoms with E-state index in [4.69, 9.17) is 0 Å². The Morgan fingerprint density at radius 3 is 2.70 bits per heavy atom. The Labute approximate surface area is 133 Å². The van der Waals surface area contributed by atoms with Crippen molar-refractivity contribution >= 4 is 11.8 Å². The van der Waals surface area contributed by atoms with E-state index in [0.717, 1.165) is 0 Å². The summed E-state index contributed by atoms with van der Waals surface area (Å²) in [5, 5.41) is 9.31. The van der Waals surface area contributed by atoms with Crippen molar-refractivity contribution in [2.75, 3.05) is 6.54 Å². The van der Waals surface area contributed by atoms with Gasteiger partial charge in [-0.15, -0.1) is 0 Å². The highest BCUT2D eigenvalue weighted by atomic mass is 19.1. The Morgan fingerprint density at radius 1 is 1.35 bits per heavy atom. The highest BCUT2D eigenvalue weighted by Crippen LogP contribution is 2.17. The van der Waals surface area contributed by atoms with Crippen molar-refractivity contribution < 1.29 is 14.0 Å². The van der Waals surface area contributed by atoms with E-state index in [1.807, 2.05) is 0 Å². The van der Waals surface area contributed by atoms with Crippen molar-refractivity contribution in [3.63, 3.8) is 0 Å². The van der Waals surface area contributed by atoms with Crippen molar-refractivity contribution in [3.05, 3.63) is 47.5 Å². The highest BCUT2D eigenvalue weighted by molar-refractivity contribution is 5.98. The van der Waals surface area contributed by atoms with Gasteiger partial charge in [0.15, 0.2) is 0 Å². The van der Waals surface area contributed by atoms with E-state index < -0.39 is 17.8 Å². The maximum Gasteiger partial charge on any atom is 0.255 e. The van der Waals surface area contributed by atoms with Crippen molar-refractivity contribution in [2.24, 2.45) is 0 Å². The Morgan fingerprint density at radius 2 is 2.04 bits per heavy atom. The molecule has 2 aromatic rings. The van der Waals surface area contributed by atoms with Crippen LogP contribution in [0, 0.1) is 12.7 Å². The van der Waals surface area contributed by atoms with Crippen LogP contribution in [0.2, 0.25) is 0 Å². The van der Waals surface area contributed by atoms with Crippen LogP contribution in [0.5, 0.6) is 0 Å². The number of hydrogen-bond donors (Lipinski definition) is 2. The van der Waals surface area contributed by atoms with Crippen LogP contribution in [0.3, 0.4) is 0 Å². The number of aromatic nitrogens is 2. The molecular weight excluding hydrogens is 299 g/mol. The summed E-state index contributed by atoms with van der Waals surface area (Å²) in [4.78, 5) is 23.9. The smallest absolute Gasteiger partial charge is 0.255 e. The topological polar surface area (TPSA) is 76.0 Å². The van der Waals surface area contributed by atoms with E-state index in [-0.39, 0.29) is 11.6 Å². The Balaban J connectivity index is 2.21. The molecule has 0 fully saturated rings. The maximum absolute atomic E-state index is 13.9. The summed E-state index contributed by atoms with van der Waals surface area (Å²) in [5.41, 5.74) is 1.06. The third-order valence-corrected chi connectivity index (χ3v) is 3.43. The number of halogens is 1. The molecule has 0 aliphatic carbocycles. The number of benzene rings is 1. The van der Waals surface area contributed by atoms with Gasteiger partial charge in [0.05, 0.1) is 17.5 Å². The molecule has 0 saturated carbocycles. The summed E-state index contributed by atoms with van der Waals surface area (Å²) in [6.07, 6.45) is 1.36. The lowest BCUT2D eigenvalue weighted by Crippen LogP contribution is -2.44. The van der Waals surface area contributed by atoms with Gasteiger partial charge in [0.1, 0.15) is 17.5 Å². The monoisotopic (exact) mass is 318 g/mol. The van der Waals surface area contributed by atoms with E-state index in [2.05, 4.69) is 15.7 Å². The van der Waals surface area contributed by atoms with Crippen LogP contribution in [0.1, 0.15) is 29.9 Å². The summed E-state index contributed by atoms with van der Waals surface area (Å²) >= 11 is 0. The van der Waals surface area contributed by atoms with Crippen LogP contribution >= 0.6 is 0 Å². The number of amides is 2. The fraction of sp³-hybridized carbons (Fsp3) is 0.312. The molecule has 1 aromatic heterocycles. The molecule has 2 amide bonds. The molecule has 1 unspecified atom stereocenters. The minimum Gasteiger partial charge on any atom is -0.355 e. The largest absolute Gasteiger partial charge is 0.355 e. The lowest BCUT2D eigenvalue weighted by molar-refractivity contribution is -0.122. The molecule has 6 nitrogen and oxygen atoms in total. The van der Waals surface area contributed by atoms with Gasteiger partial charge >= 0.3 is 0 Å². The normalized spacial score (nSPS) is 11.8. The van der Waals surface area contributed by atoms with Gasteiger partial charge in [-0.25, -0.2) is 9.07 Å². The van der Waals surface area contributed by atoms with Gasteiger partial charge in [-0.3, -0.25) is 9.59 Å². The molecule has 0 aliphatic rings. The van der Waals surface area contributed by atoms with E-state index in [1.54, 1.807) is 39.0 Å². The Bertz CT molecular complexity index is 727. The SMILES string of the molecule is CCNC(=O)C(C)NC(=O)c1cnn(-c2ccccc2F)c1C. The average Bonchev–Trinajstić information content (AvgIpc) is 2.89. The summed E-state index contributed by atoms with van der Waals surface area (Å²) in [6.45, 7) is 5.56. The van der Waals surface area contributed by atoms with Crippen molar-refractivity contribution in [1.82, 2.24) is 20.4 Å². The predicted octanol–water partition coefficient (Wildman–Crippen LogP) is 1.57. The minimum absolute atomic E-state index is 0.264. The standard InChI is InChI=1S/C16H19FN4O2/c1-4-18-15(22)10(2)20-16(23)12-9-19-21(11(12)3)14-8-6-5-7-13(14)17/h5-10H,4H2,1-3H3,(H,18,22)(H,20,23). The van der Waals surface area contributed by atoms with E-state index in [1.165, 1.54) is 16.9 Å². The summed E-state index contributed by atoms with van der Waals surface area (Å²) in [7, 11) is 0. The first-order valence-electron chi connectivity index (χ1n) is 7.33. The van der Waals surface area contributed by atoms with E-state index >= 15 is 0 Å². The molecule has 0 radical (unpaired) electrons. The second kappa shape index (κ2) is 7.04. The number of carbonyl (C=O) groups excluding carboxylic acids is 2. The number of nitrogens with zero attached hydrogens (tertiary/aromatic N) is 2. The van der Waals surface area contributed by atoms with Crippen molar-refractivity contribution in [2.45, 2.75) is 26.8 Å². The molecule has 122 valence electrons. The number of para-hydroxylation sites is 1. The van der Waals surface area contributed by atoms with Gasteiger partial charge in [0.25, 0.3) is 5.91 Å². The van der Waals surface area contributed by atoms with Crippen molar-refractivity contribution in [3.8, 4) is 5.69 Å². The molecule has 1 heterocycles. The molecule has 0 saturated heterocycles. The molecule has 2 rings (SSSR count). The Hall–Kier alpha value is -2.70. The fourth-order valence-electron chi connectivity index (χ4n) is 2.17. The van der Waals surface area contributed by atoms with Gasteiger partial charge in [-0.1, -0.05) is 12.1 Å². The van der Waals surface area contributed by atoms with Gasteiger partial charge < -0.3 is 10.6 Å². The quantitative estimate of drug-likeness (QED) is 0.879. The third kappa shape index (κ3) is 3.56. The molecule has 2 N–H and O–H groups in total. The molecule has 7 heteroatoms. The molecule has 0 bridgehead atoms. The number of likely N-dealkylation sites (N-methyl/N-ethyl adjacent to an activating group) is 1. The van der Waals surface area contributed by atoms with Gasteiger partial charge in [-0.05, 0) is 32.9 Å². The maximum atomic E-state index is 13.9. The third-order valence-electron chi connectivity index (χ3n) is 3.43. The zero-order valence-electron chi connectivity index (χ0n) is 13.3. The molecule has 0 spiro atoms. The summed E-state index contributed by atoms with van der Waals surface area (Å²) < 4.78 is 15.2. The zero-order chi connectivity index (χ0) is 17.0. The fourth-order valence-corrected chi connectivity index (χ4v) is 2.17. The number of carbonyl (C=O) groups is 2. The van der Waals surface area contributed by atoms with E-state index in [9.17, 15) is 14.0 Å². The van der Waals surface area contributed by atoms with Gasteiger partial charge in [0.2, 0.25) is 5.91 Å². The van der Waals surface area contributed by atoms with Crippen LogP contribution < -0.4 is 10.6 Å². The lowest BCUT2D eigenvalue weighted by atomic mass is 10.2. The van der Waals surface area contributed by atoms with Crippen LogP contribution in [0.15, 0.2) is 30.5 Å². The zero-order valence-corrected chi connectivity index (χ0v) is 13.3. The highest BCUT2D eigenvalue weighted by Gasteiger charge is 2.20. The molecule has 23 heavy (non-hydrogen) atoms. The molecule has 0 aliphatic heterocycles. The van der Waals surface area contributed by atoms with Crippen LogP contribution in [0.25, 0.3) is 5.69 Å². The first-order valence-corrected chi connectivity index (χ1v) is 7.33. The van der Waals surface area contributed by atoms with Crippen molar-refractivity contribution in [1.29, 1.82) is 0 Å². The van der Waals surface area contributed by atoms with Crippen LogP contribution in [-0.2, 0) is 4.79 Å². The second-order valence-electron chi connectivity index (χ2n) is 5.10. The molecular formula is C16H19FN4O2. The van der Waals surface area contributed by atoms with Crippen LogP contribution in [0.4, 0.5) is 4.39 Å².